The standard InChI is InChI=1S/C16H17N7O3S/c1-22-14-13(20-21-22)15(18-9-17-14)23-7-10(8-23)16(24)19-11-3-5-12(6-4-11)27(2,25)26/h3-6,9-10H,7-8H2,1-2H3,(H,19,24). The summed E-state index contributed by atoms with van der Waals surface area (Å²) in [6.07, 6.45) is 2.60. The number of hydrogen-bond donors (Lipinski definition) is 1. The number of rotatable bonds is 4. The zero-order valence-corrected chi connectivity index (χ0v) is 15.5. The van der Waals surface area contributed by atoms with Crippen LogP contribution in [0.2, 0.25) is 0 Å². The summed E-state index contributed by atoms with van der Waals surface area (Å²) in [7, 11) is -1.50. The van der Waals surface area contributed by atoms with Crippen molar-refractivity contribution in [3.05, 3.63) is 30.6 Å². The summed E-state index contributed by atoms with van der Waals surface area (Å²) < 4.78 is 24.5. The Hall–Kier alpha value is -3.08. The van der Waals surface area contributed by atoms with Crippen molar-refractivity contribution < 1.29 is 13.2 Å². The molecule has 140 valence electrons. The van der Waals surface area contributed by atoms with Gasteiger partial charge in [0, 0.05) is 32.1 Å². The van der Waals surface area contributed by atoms with Crippen molar-refractivity contribution in [1.29, 1.82) is 0 Å². The lowest BCUT2D eigenvalue weighted by Crippen LogP contribution is -2.52. The minimum Gasteiger partial charge on any atom is -0.353 e. The summed E-state index contributed by atoms with van der Waals surface area (Å²) in [6, 6.07) is 6.11. The number of fused-ring (bicyclic) bond motifs is 1. The van der Waals surface area contributed by atoms with Crippen LogP contribution in [-0.4, -0.2) is 58.6 Å². The zero-order chi connectivity index (χ0) is 19.2. The van der Waals surface area contributed by atoms with E-state index in [1.165, 1.54) is 18.5 Å². The Kier molecular flexibility index (Phi) is 4.02. The molecule has 1 aliphatic rings. The first-order valence-corrected chi connectivity index (χ1v) is 10.1. The molecule has 0 unspecified atom stereocenters. The highest BCUT2D eigenvalue weighted by molar-refractivity contribution is 7.90. The lowest BCUT2D eigenvalue weighted by Gasteiger charge is -2.38. The number of nitrogens with zero attached hydrogens (tertiary/aromatic N) is 6. The van der Waals surface area contributed by atoms with Crippen LogP contribution in [0, 0.1) is 5.92 Å². The van der Waals surface area contributed by atoms with Gasteiger partial charge in [-0.1, -0.05) is 5.21 Å². The van der Waals surface area contributed by atoms with Gasteiger partial charge in [0.25, 0.3) is 0 Å². The number of anilines is 2. The number of hydrogen-bond acceptors (Lipinski definition) is 8. The van der Waals surface area contributed by atoms with E-state index in [0.717, 1.165) is 6.26 Å². The molecule has 1 aromatic carbocycles. The second kappa shape index (κ2) is 6.27. The molecule has 1 fully saturated rings. The van der Waals surface area contributed by atoms with E-state index in [4.69, 9.17) is 0 Å². The predicted molar refractivity (Wildman–Crippen MR) is 98.0 cm³/mol. The normalized spacial score (nSPS) is 15.0. The first-order valence-electron chi connectivity index (χ1n) is 8.19. The Bertz CT molecular complexity index is 1120. The van der Waals surface area contributed by atoms with Crippen LogP contribution in [-0.2, 0) is 21.7 Å². The maximum absolute atomic E-state index is 12.4. The SMILES string of the molecule is Cn1nnc2c(N3CC(C(=O)Nc4ccc(S(C)(=O)=O)cc4)C3)ncnc21. The molecule has 1 aliphatic heterocycles. The number of nitrogens with one attached hydrogen (secondary N) is 1. The third-order valence-electron chi connectivity index (χ3n) is 4.47. The van der Waals surface area contributed by atoms with E-state index in [1.54, 1.807) is 23.9 Å². The van der Waals surface area contributed by atoms with Crippen LogP contribution < -0.4 is 10.2 Å². The summed E-state index contributed by atoms with van der Waals surface area (Å²) >= 11 is 0. The molecule has 3 heterocycles. The van der Waals surface area contributed by atoms with Gasteiger partial charge in [0.15, 0.2) is 26.8 Å². The third kappa shape index (κ3) is 3.21. The van der Waals surface area contributed by atoms with Crippen LogP contribution in [0.4, 0.5) is 11.5 Å². The van der Waals surface area contributed by atoms with Crippen molar-refractivity contribution in [3.8, 4) is 0 Å². The van der Waals surface area contributed by atoms with Crippen LogP contribution in [0.3, 0.4) is 0 Å². The van der Waals surface area contributed by atoms with Gasteiger partial charge in [0.2, 0.25) is 5.91 Å². The molecule has 1 N–H and O–H groups in total. The van der Waals surface area contributed by atoms with E-state index in [-0.39, 0.29) is 16.7 Å². The van der Waals surface area contributed by atoms with E-state index < -0.39 is 9.84 Å². The topological polar surface area (TPSA) is 123 Å². The molecule has 0 radical (unpaired) electrons. The number of aromatic nitrogens is 5. The average molecular weight is 387 g/mol. The van der Waals surface area contributed by atoms with Gasteiger partial charge in [-0.3, -0.25) is 4.79 Å². The number of benzene rings is 1. The first-order chi connectivity index (χ1) is 12.8. The third-order valence-corrected chi connectivity index (χ3v) is 5.60. The Balaban J connectivity index is 1.41. The van der Waals surface area contributed by atoms with Gasteiger partial charge >= 0.3 is 0 Å². The van der Waals surface area contributed by atoms with E-state index in [2.05, 4.69) is 25.6 Å². The number of carbonyl (C=O) groups excluding carboxylic acids is 1. The van der Waals surface area contributed by atoms with Gasteiger partial charge in [0.05, 0.1) is 10.8 Å². The number of aryl methyl sites for hydroxylation is 1. The fourth-order valence-electron chi connectivity index (χ4n) is 2.92. The maximum Gasteiger partial charge on any atom is 0.231 e. The molecule has 11 heteroatoms. The van der Waals surface area contributed by atoms with Gasteiger partial charge in [-0.2, -0.15) is 0 Å². The summed E-state index contributed by atoms with van der Waals surface area (Å²) in [6.45, 7) is 1.02. The van der Waals surface area contributed by atoms with E-state index in [0.29, 0.717) is 35.8 Å². The van der Waals surface area contributed by atoms with Crippen molar-refractivity contribution in [2.45, 2.75) is 4.90 Å². The quantitative estimate of drug-likeness (QED) is 0.675. The molecular weight excluding hydrogens is 370 g/mol. The Morgan fingerprint density at radius 3 is 2.56 bits per heavy atom. The van der Waals surface area contributed by atoms with Crippen LogP contribution in [0.1, 0.15) is 0 Å². The van der Waals surface area contributed by atoms with Gasteiger partial charge < -0.3 is 10.2 Å². The number of carbonyl (C=O) groups is 1. The highest BCUT2D eigenvalue weighted by Gasteiger charge is 2.35. The summed E-state index contributed by atoms with van der Waals surface area (Å²) in [5, 5.41) is 10.8. The fraction of sp³-hybridized carbons (Fsp3) is 0.312. The monoisotopic (exact) mass is 387 g/mol. The van der Waals surface area contributed by atoms with Gasteiger partial charge in [-0.05, 0) is 24.3 Å². The van der Waals surface area contributed by atoms with Crippen LogP contribution >= 0.6 is 0 Å². The Morgan fingerprint density at radius 2 is 1.89 bits per heavy atom. The molecule has 0 saturated carbocycles. The fourth-order valence-corrected chi connectivity index (χ4v) is 3.55. The molecule has 4 rings (SSSR count). The maximum atomic E-state index is 12.4. The molecular formula is C16H17N7O3S. The van der Waals surface area contributed by atoms with Gasteiger partial charge in [-0.25, -0.2) is 23.1 Å². The number of amides is 1. The lowest BCUT2D eigenvalue weighted by atomic mass is 9.99. The lowest BCUT2D eigenvalue weighted by molar-refractivity contribution is -0.120. The summed E-state index contributed by atoms with van der Waals surface area (Å²) in [4.78, 5) is 23.0. The van der Waals surface area contributed by atoms with Gasteiger partial charge in [-0.15, -0.1) is 5.10 Å². The molecule has 1 saturated heterocycles. The van der Waals surface area contributed by atoms with Crippen LogP contribution in [0.25, 0.3) is 11.2 Å². The average Bonchev–Trinajstić information content (AvgIpc) is 2.95. The minimum absolute atomic E-state index is 0.122. The molecule has 3 aromatic rings. The van der Waals surface area contributed by atoms with Crippen LogP contribution in [0.5, 0.6) is 0 Å². The van der Waals surface area contributed by atoms with Crippen molar-refractivity contribution in [1.82, 2.24) is 25.0 Å². The highest BCUT2D eigenvalue weighted by atomic mass is 32.2. The summed E-state index contributed by atoms with van der Waals surface area (Å²) in [5.41, 5.74) is 1.80. The second-order valence-corrected chi connectivity index (χ2v) is 8.49. The van der Waals surface area contributed by atoms with Gasteiger partial charge in [0.1, 0.15) is 6.33 Å². The Labute approximate surface area is 155 Å². The molecule has 1 amide bonds. The zero-order valence-electron chi connectivity index (χ0n) is 14.7. The minimum atomic E-state index is -3.26. The second-order valence-electron chi connectivity index (χ2n) is 6.47. The molecule has 0 spiro atoms. The number of sulfone groups is 1. The van der Waals surface area contributed by atoms with Crippen LogP contribution in [0.15, 0.2) is 35.5 Å². The molecule has 27 heavy (non-hydrogen) atoms. The predicted octanol–water partition coefficient (Wildman–Crippen LogP) is 0.237. The van der Waals surface area contributed by atoms with Crippen molar-refractivity contribution in [2.75, 3.05) is 29.6 Å². The molecule has 0 bridgehead atoms. The largest absolute Gasteiger partial charge is 0.353 e. The van der Waals surface area contributed by atoms with Crippen molar-refractivity contribution in [2.24, 2.45) is 13.0 Å². The molecule has 10 nitrogen and oxygen atoms in total. The first kappa shape index (κ1) is 17.3. The van der Waals surface area contributed by atoms with E-state index in [1.807, 2.05) is 4.90 Å². The molecule has 0 aliphatic carbocycles. The smallest absolute Gasteiger partial charge is 0.231 e. The van der Waals surface area contributed by atoms with Crippen molar-refractivity contribution >= 4 is 38.4 Å². The van der Waals surface area contributed by atoms with E-state index in [9.17, 15) is 13.2 Å². The molecule has 2 aromatic heterocycles. The molecule has 0 atom stereocenters. The highest BCUT2D eigenvalue weighted by Crippen LogP contribution is 2.28. The van der Waals surface area contributed by atoms with Crippen molar-refractivity contribution in [3.63, 3.8) is 0 Å². The van der Waals surface area contributed by atoms with E-state index >= 15 is 0 Å². The Morgan fingerprint density at radius 1 is 1.19 bits per heavy atom. The summed E-state index contributed by atoms with van der Waals surface area (Å²) in [5.74, 6) is 0.346.